The van der Waals surface area contributed by atoms with Gasteiger partial charge in [0.2, 0.25) is 5.78 Å². The lowest BCUT2D eigenvalue weighted by molar-refractivity contribution is -0.109. The molecule has 2 aliphatic rings. The maximum Gasteiger partial charge on any atom is 0.210 e. The average Bonchev–Trinajstić information content (AvgIpc) is 2.71. The Balaban J connectivity index is 0.000000137. The van der Waals surface area contributed by atoms with E-state index in [2.05, 4.69) is 9.97 Å². The molecule has 5 nitrogen and oxygen atoms in total. The number of carbonyl (C=O) groups excluding carboxylic acids is 1. The van der Waals surface area contributed by atoms with E-state index in [4.69, 9.17) is 11.1 Å². The third kappa shape index (κ3) is 3.27. The van der Waals surface area contributed by atoms with Crippen molar-refractivity contribution in [2.45, 2.75) is 12.8 Å². The Kier molecular flexibility index (Phi) is 4.34. The number of hydrogen-bond donors (Lipinski definition) is 2. The van der Waals surface area contributed by atoms with Crippen LogP contribution in [0.3, 0.4) is 0 Å². The second kappa shape index (κ2) is 6.96. The molecule has 0 bridgehead atoms. The number of nitrogens with one attached hydrogen (secondary N) is 1. The van der Waals surface area contributed by atoms with E-state index >= 15 is 0 Å². The lowest BCUT2D eigenvalue weighted by Crippen LogP contribution is -2.18. The second-order valence-corrected chi connectivity index (χ2v) is 6.40. The number of nitrogens with two attached hydrogens (primary N) is 1. The minimum Gasteiger partial charge on any atom is -0.384 e. The predicted molar refractivity (Wildman–Crippen MR) is 109 cm³/mol. The molecule has 132 valence electrons. The van der Waals surface area contributed by atoms with Crippen LogP contribution in [0.4, 0.5) is 5.82 Å². The van der Waals surface area contributed by atoms with E-state index in [-0.39, 0.29) is 11.5 Å². The highest BCUT2D eigenvalue weighted by Gasteiger charge is 2.20. The number of rotatable bonds is 0. The molecule has 27 heavy (non-hydrogen) atoms. The summed E-state index contributed by atoms with van der Waals surface area (Å²) in [6, 6.07) is 11.8. The summed E-state index contributed by atoms with van der Waals surface area (Å²) in [6.45, 7) is 0. The molecule has 0 amide bonds. The standard InChI is InChI=1S/C12H9N3.C10H9NO/c13-10-6-5-9-4-3-8-2-1-7-14-11(8)12(9)15-10;11-9-6-5-7-3-1-2-4-8(7)10(9)12/h1-7H,(H2,13,15);2,4-6,11H,1,3H2. The van der Waals surface area contributed by atoms with E-state index in [1.165, 1.54) is 0 Å². The van der Waals surface area contributed by atoms with Gasteiger partial charge in [0.1, 0.15) is 11.5 Å². The molecule has 0 aliphatic heterocycles. The van der Waals surface area contributed by atoms with E-state index in [0.29, 0.717) is 11.4 Å². The Morgan fingerprint density at radius 1 is 0.963 bits per heavy atom. The molecular weight excluding hydrogens is 336 g/mol. The molecule has 0 saturated carbocycles. The van der Waals surface area contributed by atoms with Gasteiger partial charge in [-0.3, -0.25) is 15.2 Å². The fourth-order valence-electron chi connectivity index (χ4n) is 3.22. The van der Waals surface area contributed by atoms with Gasteiger partial charge in [-0.05, 0) is 42.7 Å². The predicted octanol–water partition coefficient (Wildman–Crippen LogP) is 4.16. The van der Waals surface area contributed by atoms with Crippen LogP contribution in [0.15, 0.2) is 78.0 Å². The number of Topliss-reactive ketones (excluding diaryl/α,β-unsaturated/α-hetero) is 1. The highest BCUT2D eigenvalue weighted by atomic mass is 16.1. The number of ketones is 1. The van der Waals surface area contributed by atoms with Gasteiger partial charge < -0.3 is 5.73 Å². The van der Waals surface area contributed by atoms with Crippen LogP contribution in [0.1, 0.15) is 12.8 Å². The van der Waals surface area contributed by atoms with Gasteiger partial charge in [0.25, 0.3) is 0 Å². The zero-order valence-electron chi connectivity index (χ0n) is 14.6. The first kappa shape index (κ1) is 16.8. The van der Waals surface area contributed by atoms with Crippen molar-refractivity contribution in [3.63, 3.8) is 0 Å². The molecule has 0 spiro atoms. The normalized spacial score (nSPS) is 15.7. The van der Waals surface area contributed by atoms with Crippen LogP contribution in [0.5, 0.6) is 0 Å². The molecule has 0 radical (unpaired) electrons. The highest BCUT2D eigenvalue weighted by molar-refractivity contribution is 6.50. The SMILES string of the molecule is N=C1C=CC2=C(C=CCC2)C1=O.Nc1ccc2ccc3cccnc3c2n1. The summed E-state index contributed by atoms with van der Waals surface area (Å²) in [5.74, 6) is 0.393. The molecule has 3 aromatic rings. The summed E-state index contributed by atoms with van der Waals surface area (Å²) in [6.07, 6.45) is 11.0. The lowest BCUT2D eigenvalue weighted by Gasteiger charge is -2.15. The third-order valence-corrected chi connectivity index (χ3v) is 4.60. The van der Waals surface area contributed by atoms with Crippen molar-refractivity contribution >= 4 is 39.1 Å². The van der Waals surface area contributed by atoms with Crippen LogP contribution in [-0.2, 0) is 4.79 Å². The summed E-state index contributed by atoms with van der Waals surface area (Å²) >= 11 is 0. The lowest BCUT2D eigenvalue weighted by atomic mass is 9.89. The van der Waals surface area contributed by atoms with Crippen LogP contribution in [0, 0.1) is 5.41 Å². The Hall–Kier alpha value is -3.60. The molecule has 0 unspecified atom stereocenters. The molecule has 0 saturated heterocycles. The van der Waals surface area contributed by atoms with Crippen LogP contribution in [0.25, 0.3) is 21.8 Å². The zero-order chi connectivity index (χ0) is 18.8. The Morgan fingerprint density at radius 2 is 1.74 bits per heavy atom. The van der Waals surface area contributed by atoms with E-state index in [0.717, 1.165) is 40.2 Å². The van der Waals surface area contributed by atoms with Gasteiger partial charge in [-0.15, -0.1) is 0 Å². The number of hydrogen-bond acceptors (Lipinski definition) is 5. The van der Waals surface area contributed by atoms with Gasteiger partial charge in [0.05, 0.1) is 11.0 Å². The number of carbonyl (C=O) groups is 1. The molecule has 0 atom stereocenters. The zero-order valence-corrected chi connectivity index (χ0v) is 14.6. The summed E-state index contributed by atoms with van der Waals surface area (Å²) in [5, 5.41) is 9.46. The first-order valence-electron chi connectivity index (χ1n) is 8.74. The minimum absolute atomic E-state index is 0.0975. The Morgan fingerprint density at radius 3 is 2.59 bits per heavy atom. The number of nitrogens with zero attached hydrogens (tertiary/aromatic N) is 2. The minimum atomic E-state index is -0.136. The fourth-order valence-corrected chi connectivity index (χ4v) is 3.22. The Labute approximate surface area is 156 Å². The molecule has 1 aromatic carbocycles. The third-order valence-electron chi connectivity index (χ3n) is 4.60. The van der Waals surface area contributed by atoms with Gasteiger partial charge in [-0.25, -0.2) is 4.98 Å². The summed E-state index contributed by atoms with van der Waals surface area (Å²) < 4.78 is 0. The van der Waals surface area contributed by atoms with Crippen LogP contribution < -0.4 is 5.73 Å². The van der Waals surface area contributed by atoms with E-state index in [1.807, 2.05) is 48.6 Å². The first-order valence-corrected chi connectivity index (χ1v) is 8.74. The molecule has 0 fully saturated rings. The monoisotopic (exact) mass is 354 g/mol. The van der Waals surface area contributed by atoms with Crippen LogP contribution >= 0.6 is 0 Å². The number of anilines is 1. The summed E-state index contributed by atoms with van der Waals surface area (Å²) in [5.41, 5.74) is 9.35. The molecule has 5 rings (SSSR count). The highest BCUT2D eigenvalue weighted by Crippen LogP contribution is 2.24. The number of allylic oxidation sites excluding steroid dienone is 6. The van der Waals surface area contributed by atoms with E-state index < -0.39 is 0 Å². The number of benzene rings is 1. The molecule has 3 N–H and O–H groups in total. The van der Waals surface area contributed by atoms with Crippen molar-refractivity contribution in [1.29, 1.82) is 5.41 Å². The van der Waals surface area contributed by atoms with Crippen molar-refractivity contribution < 1.29 is 4.79 Å². The first-order chi connectivity index (χ1) is 13.1. The fraction of sp³-hybridized carbons (Fsp3) is 0.0909. The summed E-state index contributed by atoms with van der Waals surface area (Å²) in [7, 11) is 0. The van der Waals surface area contributed by atoms with Crippen molar-refractivity contribution in [2.24, 2.45) is 0 Å². The molecule has 2 aliphatic carbocycles. The number of pyridine rings is 2. The topological polar surface area (TPSA) is 92.7 Å². The number of nitrogen functional groups attached to an aromatic ring is 1. The van der Waals surface area contributed by atoms with Gasteiger partial charge >= 0.3 is 0 Å². The number of aromatic nitrogens is 2. The van der Waals surface area contributed by atoms with Gasteiger partial charge in [0.15, 0.2) is 0 Å². The maximum absolute atomic E-state index is 11.4. The number of fused-ring (bicyclic) bond motifs is 3. The Bertz CT molecular complexity index is 1170. The van der Waals surface area contributed by atoms with Crippen molar-refractivity contribution in [3.05, 3.63) is 78.0 Å². The summed E-state index contributed by atoms with van der Waals surface area (Å²) in [4.78, 5) is 20.0. The van der Waals surface area contributed by atoms with Crippen LogP contribution in [-0.4, -0.2) is 21.5 Å². The van der Waals surface area contributed by atoms with Gasteiger partial charge in [-0.2, -0.15) is 0 Å². The smallest absolute Gasteiger partial charge is 0.210 e. The largest absolute Gasteiger partial charge is 0.384 e. The van der Waals surface area contributed by atoms with E-state index in [1.54, 1.807) is 18.3 Å². The van der Waals surface area contributed by atoms with Crippen molar-refractivity contribution in [2.75, 3.05) is 5.73 Å². The average molecular weight is 354 g/mol. The van der Waals surface area contributed by atoms with Gasteiger partial charge in [0, 0.05) is 22.5 Å². The molecule has 5 heteroatoms. The van der Waals surface area contributed by atoms with Crippen molar-refractivity contribution in [1.82, 2.24) is 9.97 Å². The van der Waals surface area contributed by atoms with Crippen LogP contribution in [0.2, 0.25) is 0 Å². The molecule has 2 heterocycles. The quantitative estimate of drug-likeness (QED) is 0.468. The van der Waals surface area contributed by atoms with Gasteiger partial charge in [-0.1, -0.05) is 36.4 Å². The van der Waals surface area contributed by atoms with Crippen molar-refractivity contribution in [3.8, 4) is 0 Å². The second-order valence-electron chi connectivity index (χ2n) is 6.40. The van der Waals surface area contributed by atoms with E-state index in [9.17, 15) is 4.79 Å². The maximum atomic E-state index is 11.4. The molecule has 2 aromatic heterocycles. The molecular formula is C22H18N4O.